The molecule has 1 atom stereocenters. The molecule has 0 aliphatic rings. The average Bonchev–Trinajstić information content (AvgIpc) is 1.89. The Hall–Kier alpha value is 0.0900. The fraction of sp³-hybridized carbons (Fsp3) is 0.750. The predicted octanol–water partition coefficient (Wildman–Crippen LogP) is 3.09. The summed E-state index contributed by atoms with van der Waals surface area (Å²) in [5.74, 6) is 1.17. The van der Waals surface area contributed by atoms with Gasteiger partial charge in [0.2, 0.25) is 0 Å². The van der Waals surface area contributed by atoms with Crippen LogP contribution in [0.5, 0.6) is 0 Å². The summed E-state index contributed by atoms with van der Waals surface area (Å²) in [6.45, 7) is 6.57. The SMILES string of the molecule is C/C=C/CSC(C)CC. The van der Waals surface area contributed by atoms with Gasteiger partial charge in [-0.25, -0.2) is 0 Å². The van der Waals surface area contributed by atoms with Gasteiger partial charge in [0.1, 0.15) is 0 Å². The number of rotatable bonds is 4. The first-order valence-electron chi connectivity index (χ1n) is 3.54. The maximum atomic E-state index is 2.27. The molecule has 0 fully saturated rings. The maximum Gasteiger partial charge on any atom is 0.0115 e. The van der Waals surface area contributed by atoms with Crippen molar-refractivity contribution < 1.29 is 0 Å². The van der Waals surface area contributed by atoms with Crippen LogP contribution in [0.15, 0.2) is 12.2 Å². The first kappa shape index (κ1) is 9.09. The maximum absolute atomic E-state index is 2.27. The highest BCUT2D eigenvalue weighted by Gasteiger charge is 1.94. The molecule has 0 saturated carbocycles. The molecular formula is C8H16S. The normalized spacial score (nSPS) is 14.6. The summed E-state index contributed by atoms with van der Waals surface area (Å²) in [6, 6.07) is 0. The lowest BCUT2D eigenvalue weighted by Crippen LogP contribution is -1.92. The highest BCUT2D eigenvalue weighted by Crippen LogP contribution is 2.12. The monoisotopic (exact) mass is 144 g/mol. The minimum atomic E-state index is 0.821. The second-order valence-electron chi connectivity index (χ2n) is 2.12. The largest absolute Gasteiger partial charge is 0.155 e. The lowest BCUT2D eigenvalue weighted by molar-refractivity contribution is 0.907. The van der Waals surface area contributed by atoms with E-state index in [2.05, 4.69) is 32.9 Å². The molecule has 0 spiro atoms. The molecule has 1 heteroatoms. The summed E-state index contributed by atoms with van der Waals surface area (Å²) in [5.41, 5.74) is 0. The van der Waals surface area contributed by atoms with Gasteiger partial charge in [0.05, 0.1) is 0 Å². The van der Waals surface area contributed by atoms with Gasteiger partial charge in [-0.05, 0) is 13.3 Å². The van der Waals surface area contributed by atoms with Crippen LogP contribution in [0.3, 0.4) is 0 Å². The van der Waals surface area contributed by atoms with E-state index in [0.29, 0.717) is 0 Å². The molecule has 1 unspecified atom stereocenters. The molecule has 0 amide bonds. The van der Waals surface area contributed by atoms with Crippen LogP contribution in [-0.2, 0) is 0 Å². The third kappa shape index (κ3) is 5.97. The Morgan fingerprint density at radius 3 is 2.67 bits per heavy atom. The number of hydrogen-bond acceptors (Lipinski definition) is 1. The molecule has 0 heterocycles. The zero-order valence-corrected chi connectivity index (χ0v) is 7.37. The minimum Gasteiger partial charge on any atom is -0.155 e. The number of hydrogen-bond donors (Lipinski definition) is 0. The van der Waals surface area contributed by atoms with Gasteiger partial charge in [-0.1, -0.05) is 26.0 Å². The standard InChI is InChI=1S/C8H16S/c1-4-6-7-9-8(3)5-2/h4,6,8H,5,7H2,1-3H3/b6-4+. The summed E-state index contributed by atoms with van der Waals surface area (Å²) in [4.78, 5) is 0. The van der Waals surface area contributed by atoms with E-state index in [9.17, 15) is 0 Å². The second-order valence-corrected chi connectivity index (χ2v) is 3.59. The van der Waals surface area contributed by atoms with E-state index in [4.69, 9.17) is 0 Å². The van der Waals surface area contributed by atoms with Crippen LogP contribution in [0.1, 0.15) is 27.2 Å². The third-order valence-electron chi connectivity index (χ3n) is 1.29. The van der Waals surface area contributed by atoms with Gasteiger partial charge in [-0.3, -0.25) is 0 Å². The van der Waals surface area contributed by atoms with Crippen LogP contribution in [0, 0.1) is 0 Å². The smallest absolute Gasteiger partial charge is 0.0115 e. The number of allylic oxidation sites excluding steroid dienone is 1. The van der Waals surface area contributed by atoms with Crippen molar-refractivity contribution >= 4 is 11.8 Å². The van der Waals surface area contributed by atoms with Crippen LogP contribution in [0.2, 0.25) is 0 Å². The molecule has 0 aromatic heterocycles. The lowest BCUT2D eigenvalue weighted by atomic mass is 10.4. The zero-order valence-electron chi connectivity index (χ0n) is 6.55. The summed E-state index contributed by atoms with van der Waals surface area (Å²) in [6.07, 6.45) is 5.59. The van der Waals surface area contributed by atoms with Crippen molar-refractivity contribution in [2.75, 3.05) is 5.75 Å². The molecule has 0 bridgehead atoms. The fourth-order valence-corrected chi connectivity index (χ4v) is 1.30. The summed E-state index contributed by atoms with van der Waals surface area (Å²) >= 11 is 2.01. The van der Waals surface area contributed by atoms with E-state index in [1.54, 1.807) is 0 Å². The Morgan fingerprint density at radius 1 is 1.56 bits per heavy atom. The molecule has 0 aliphatic heterocycles. The third-order valence-corrected chi connectivity index (χ3v) is 2.57. The van der Waals surface area contributed by atoms with E-state index in [1.165, 1.54) is 12.2 Å². The Balaban J connectivity index is 3.06. The molecule has 0 N–H and O–H groups in total. The predicted molar refractivity (Wildman–Crippen MR) is 47.0 cm³/mol. The van der Waals surface area contributed by atoms with E-state index < -0.39 is 0 Å². The van der Waals surface area contributed by atoms with Crippen LogP contribution in [0.25, 0.3) is 0 Å². The van der Waals surface area contributed by atoms with Crippen molar-refractivity contribution in [2.45, 2.75) is 32.4 Å². The van der Waals surface area contributed by atoms with Gasteiger partial charge in [0.15, 0.2) is 0 Å². The molecule has 0 rings (SSSR count). The van der Waals surface area contributed by atoms with Crippen LogP contribution >= 0.6 is 11.8 Å². The molecule has 0 aliphatic carbocycles. The second kappa shape index (κ2) is 6.21. The van der Waals surface area contributed by atoms with E-state index in [1.807, 2.05) is 11.8 Å². The van der Waals surface area contributed by atoms with Crippen molar-refractivity contribution in [3.8, 4) is 0 Å². The highest BCUT2D eigenvalue weighted by atomic mass is 32.2. The first-order valence-corrected chi connectivity index (χ1v) is 4.58. The van der Waals surface area contributed by atoms with Crippen molar-refractivity contribution in [1.29, 1.82) is 0 Å². The van der Waals surface area contributed by atoms with Crippen LogP contribution in [0.4, 0.5) is 0 Å². The summed E-state index contributed by atoms with van der Waals surface area (Å²) in [7, 11) is 0. The van der Waals surface area contributed by atoms with Crippen molar-refractivity contribution in [1.82, 2.24) is 0 Å². The van der Waals surface area contributed by atoms with Gasteiger partial charge in [-0.15, -0.1) is 0 Å². The first-order chi connectivity index (χ1) is 4.31. The Morgan fingerprint density at radius 2 is 2.22 bits per heavy atom. The van der Waals surface area contributed by atoms with Gasteiger partial charge in [-0.2, -0.15) is 11.8 Å². The van der Waals surface area contributed by atoms with E-state index >= 15 is 0 Å². The molecular weight excluding hydrogens is 128 g/mol. The molecule has 9 heavy (non-hydrogen) atoms. The van der Waals surface area contributed by atoms with E-state index in [0.717, 1.165) is 5.25 Å². The van der Waals surface area contributed by atoms with Crippen molar-refractivity contribution in [3.05, 3.63) is 12.2 Å². The zero-order chi connectivity index (χ0) is 7.11. The van der Waals surface area contributed by atoms with Crippen LogP contribution in [-0.4, -0.2) is 11.0 Å². The molecule has 0 nitrogen and oxygen atoms in total. The molecule has 0 saturated heterocycles. The summed E-state index contributed by atoms with van der Waals surface area (Å²) < 4.78 is 0. The Labute approximate surface area is 62.7 Å². The van der Waals surface area contributed by atoms with Gasteiger partial charge in [0, 0.05) is 11.0 Å². The minimum absolute atomic E-state index is 0.821. The number of thioether (sulfide) groups is 1. The molecule has 0 aromatic carbocycles. The quantitative estimate of drug-likeness (QED) is 0.546. The Kier molecular flexibility index (Phi) is 6.28. The molecule has 0 aromatic rings. The molecule has 54 valence electrons. The highest BCUT2D eigenvalue weighted by molar-refractivity contribution is 8.00. The lowest BCUT2D eigenvalue weighted by Gasteiger charge is -2.03. The topological polar surface area (TPSA) is 0 Å². The van der Waals surface area contributed by atoms with Crippen molar-refractivity contribution in [2.24, 2.45) is 0 Å². The molecule has 0 radical (unpaired) electrons. The van der Waals surface area contributed by atoms with Crippen LogP contribution < -0.4 is 0 Å². The van der Waals surface area contributed by atoms with Gasteiger partial charge in [0.25, 0.3) is 0 Å². The fourth-order valence-electron chi connectivity index (χ4n) is 0.434. The average molecular weight is 144 g/mol. The van der Waals surface area contributed by atoms with Gasteiger partial charge >= 0.3 is 0 Å². The summed E-state index contributed by atoms with van der Waals surface area (Å²) in [5, 5.41) is 0.821. The van der Waals surface area contributed by atoms with Crippen molar-refractivity contribution in [3.63, 3.8) is 0 Å². The van der Waals surface area contributed by atoms with E-state index in [-0.39, 0.29) is 0 Å². The van der Waals surface area contributed by atoms with Gasteiger partial charge < -0.3 is 0 Å². The Bertz CT molecular complexity index is 76.6.